The molecule has 120 valence electrons. The fraction of sp³-hybridized carbons (Fsp3) is 0.733. The number of aromatic nitrogens is 2. The van der Waals surface area contributed by atoms with E-state index in [0.29, 0.717) is 0 Å². The van der Waals surface area contributed by atoms with Gasteiger partial charge in [0.2, 0.25) is 0 Å². The summed E-state index contributed by atoms with van der Waals surface area (Å²) in [6.45, 7) is 9.83. The molecule has 0 aliphatic rings. The van der Waals surface area contributed by atoms with Gasteiger partial charge in [0.15, 0.2) is 5.96 Å². The van der Waals surface area contributed by atoms with Crippen molar-refractivity contribution in [3.63, 3.8) is 0 Å². The Labute approximate surface area is 133 Å². The first-order chi connectivity index (χ1) is 10.2. The van der Waals surface area contributed by atoms with Crippen molar-refractivity contribution in [1.82, 2.24) is 20.4 Å². The van der Waals surface area contributed by atoms with Gasteiger partial charge in [0.1, 0.15) is 0 Å². The van der Waals surface area contributed by atoms with Crippen molar-refractivity contribution in [3.05, 3.63) is 17.5 Å². The highest BCUT2D eigenvalue weighted by molar-refractivity contribution is 7.98. The predicted octanol–water partition coefficient (Wildman–Crippen LogP) is 2.20. The largest absolute Gasteiger partial charge is 0.357 e. The van der Waals surface area contributed by atoms with Gasteiger partial charge in [-0.1, -0.05) is 0 Å². The van der Waals surface area contributed by atoms with Crippen molar-refractivity contribution in [2.45, 2.75) is 40.2 Å². The molecule has 1 rings (SSSR count). The average Bonchev–Trinajstić information content (AvgIpc) is 2.77. The van der Waals surface area contributed by atoms with E-state index in [0.717, 1.165) is 50.7 Å². The second-order valence-electron chi connectivity index (χ2n) is 5.04. The molecule has 0 spiro atoms. The Balaban J connectivity index is 2.31. The van der Waals surface area contributed by atoms with Crippen LogP contribution in [0.1, 0.15) is 31.2 Å². The van der Waals surface area contributed by atoms with Crippen molar-refractivity contribution in [2.24, 2.45) is 4.99 Å². The van der Waals surface area contributed by atoms with Gasteiger partial charge in [-0.15, -0.1) is 0 Å². The number of nitrogens with zero attached hydrogens (tertiary/aromatic N) is 3. The van der Waals surface area contributed by atoms with Crippen LogP contribution < -0.4 is 10.6 Å². The molecule has 1 aromatic rings. The number of aliphatic imine (C=N–C) groups is 1. The van der Waals surface area contributed by atoms with Crippen molar-refractivity contribution >= 4 is 17.7 Å². The zero-order valence-electron chi connectivity index (χ0n) is 13.8. The van der Waals surface area contributed by atoms with Crippen LogP contribution in [0.4, 0.5) is 0 Å². The number of aryl methyl sites for hydroxylation is 3. The van der Waals surface area contributed by atoms with Crippen LogP contribution in [0.25, 0.3) is 0 Å². The van der Waals surface area contributed by atoms with Gasteiger partial charge < -0.3 is 10.6 Å². The number of thioether (sulfide) groups is 1. The van der Waals surface area contributed by atoms with Crippen LogP contribution in [0.2, 0.25) is 0 Å². The van der Waals surface area contributed by atoms with E-state index in [2.05, 4.69) is 51.6 Å². The molecule has 0 fully saturated rings. The van der Waals surface area contributed by atoms with Gasteiger partial charge in [-0.05, 0) is 51.7 Å². The van der Waals surface area contributed by atoms with E-state index in [1.165, 1.54) is 11.4 Å². The van der Waals surface area contributed by atoms with Crippen LogP contribution >= 0.6 is 11.8 Å². The second-order valence-corrected chi connectivity index (χ2v) is 6.02. The first-order valence-electron chi connectivity index (χ1n) is 7.69. The number of guanidine groups is 1. The fourth-order valence-corrected chi connectivity index (χ4v) is 2.51. The number of hydrogen-bond donors (Lipinski definition) is 2. The van der Waals surface area contributed by atoms with Crippen molar-refractivity contribution < 1.29 is 0 Å². The fourth-order valence-electron chi connectivity index (χ4n) is 2.08. The Morgan fingerprint density at radius 3 is 2.76 bits per heavy atom. The Hall–Kier alpha value is -1.17. The Bertz CT molecular complexity index is 428. The summed E-state index contributed by atoms with van der Waals surface area (Å²) in [5.41, 5.74) is 2.30. The third-order valence-corrected chi connectivity index (χ3v) is 3.76. The van der Waals surface area contributed by atoms with Crippen LogP contribution in [0.5, 0.6) is 0 Å². The third kappa shape index (κ3) is 7.41. The lowest BCUT2D eigenvalue weighted by atomic mass is 10.4. The summed E-state index contributed by atoms with van der Waals surface area (Å²) < 4.78 is 2.06. The molecule has 0 aliphatic carbocycles. The Morgan fingerprint density at radius 1 is 1.33 bits per heavy atom. The lowest BCUT2D eigenvalue weighted by Gasteiger charge is -2.11. The summed E-state index contributed by atoms with van der Waals surface area (Å²) in [6, 6.07) is 2.11. The summed E-state index contributed by atoms with van der Waals surface area (Å²) in [5.74, 6) is 2.11. The molecule has 5 nitrogen and oxygen atoms in total. The highest BCUT2D eigenvalue weighted by atomic mass is 32.2. The number of nitrogens with one attached hydrogen (secondary N) is 2. The van der Waals surface area contributed by atoms with Crippen molar-refractivity contribution in [3.8, 4) is 0 Å². The molecule has 6 heteroatoms. The molecule has 21 heavy (non-hydrogen) atoms. The van der Waals surface area contributed by atoms with Crippen LogP contribution in [0.3, 0.4) is 0 Å². The Morgan fingerprint density at radius 2 is 2.14 bits per heavy atom. The molecule has 2 N–H and O–H groups in total. The predicted molar refractivity (Wildman–Crippen MR) is 93.3 cm³/mol. The zero-order valence-corrected chi connectivity index (χ0v) is 14.6. The first kappa shape index (κ1) is 17.9. The quantitative estimate of drug-likeness (QED) is 0.417. The van der Waals surface area contributed by atoms with Gasteiger partial charge in [-0.25, -0.2) is 0 Å². The molecule has 1 aromatic heterocycles. The molecular formula is C15H29N5S. The molecule has 0 saturated carbocycles. The van der Waals surface area contributed by atoms with Crippen LogP contribution in [-0.4, -0.2) is 47.4 Å². The highest BCUT2D eigenvalue weighted by Gasteiger charge is 2.00. The van der Waals surface area contributed by atoms with Gasteiger partial charge >= 0.3 is 0 Å². The summed E-state index contributed by atoms with van der Waals surface area (Å²) in [7, 11) is 0. The number of rotatable bonds is 9. The molecule has 0 saturated heterocycles. The normalized spacial score (nSPS) is 11.7. The van der Waals surface area contributed by atoms with Crippen molar-refractivity contribution in [2.75, 3.05) is 31.6 Å². The van der Waals surface area contributed by atoms with Crippen molar-refractivity contribution in [1.29, 1.82) is 0 Å². The molecule has 0 radical (unpaired) electrons. The van der Waals surface area contributed by atoms with E-state index in [1.54, 1.807) is 0 Å². The molecule has 0 aromatic carbocycles. The first-order valence-corrected chi connectivity index (χ1v) is 9.09. The van der Waals surface area contributed by atoms with E-state index in [4.69, 9.17) is 0 Å². The summed E-state index contributed by atoms with van der Waals surface area (Å²) >= 11 is 1.88. The minimum Gasteiger partial charge on any atom is -0.357 e. The topological polar surface area (TPSA) is 54.2 Å². The van der Waals surface area contributed by atoms with E-state index in [1.807, 2.05) is 18.7 Å². The number of hydrogen-bond acceptors (Lipinski definition) is 3. The molecule has 0 bridgehead atoms. The maximum atomic E-state index is 4.61. The SMILES string of the molecule is CCNC(=NCCCn1nc(C)cc1C)NCCCSC. The van der Waals surface area contributed by atoms with E-state index in [9.17, 15) is 0 Å². The summed E-state index contributed by atoms with van der Waals surface area (Å²) in [4.78, 5) is 4.61. The average molecular weight is 311 g/mol. The third-order valence-electron chi connectivity index (χ3n) is 3.06. The summed E-state index contributed by atoms with van der Waals surface area (Å²) in [5, 5.41) is 11.1. The van der Waals surface area contributed by atoms with Gasteiger partial charge in [0.25, 0.3) is 0 Å². The van der Waals surface area contributed by atoms with Gasteiger partial charge in [-0.3, -0.25) is 9.67 Å². The molecule has 0 amide bonds. The monoisotopic (exact) mass is 311 g/mol. The molecular weight excluding hydrogens is 282 g/mol. The van der Waals surface area contributed by atoms with E-state index >= 15 is 0 Å². The minimum atomic E-state index is 0.816. The molecule has 0 atom stereocenters. The van der Waals surface area contributed by atoms with Gasteiger partial charge in [0.05, 0.1) is 5.69 Å². The molecule has 0 unspecified atom stereocenters. The maximum Gasteiger partial charge on any atom is 0.191 e. The van der Waals surface area contributed by atoms with Crippen LogP contribution in [-0.2, 0) is 6.54 Å². The van der Waals surface area contributed by atoms with Crippen LogP contribution in [0, 0.1) is 13.8 Å². The zero-order chi connectivity index (χ0) is 15.5. The lowest BCUT2D eigenvalue weighted by molar-refractivity contribution is 0.567. The van der Waals surface area contributed by atoms with Gasteiger partial charge in [0, 0.05) is 31.9 Å². The smallest absolute Gasteiger partial charge is 0.191 e. The molecule has 0 aliphatic heterocycles. The van der Waals surface area contributed by atoms with E-state index < -0.39 is 0 Å². The maximum absolute atomic E-state index is 4.61. The van der Waals surface area contributed by atoms with E-state index in [-0.39, 0.29) is 0 Å². The lowest BCUT2D eigenvalue weighted by Crippen LogP contribution is -2.38. The second kappa shape index (κ2) is 10.5. The minimum absolute atomic E-state index is 0.816. The Kier molecular flexibility index (Phi) is 8.98. The highest BCUT2D eigenvalue weighted by Crippen LogP contribution is 2.02. The summed E-state index contributed by atoms with van der Waals surface area (Å²) in [6.07, 6.45) is 4.30. The molecule has 1 heterocycles. The van der Waals surface area contributed by atoms with Crippen LogP contribution in [0.15, 0.2) is 11.1 Å². The standard InChI is InChI=1S/C15H29N5S/c1-5-16-15(18-9-7-11-21-4)17-8-6-10-20-14(3)12-13(2)19-20/h12H,5-11H2,1-4H3,(H2,16,17,18). The van der Waals surface area contributed by atoms with Gasteiger partial charge in [-0.2, -0.15) is 16.9 Å².